The molecule has 44 heavy (non-hydrogen) atoms. The third-order valence-electron chi connectivity index (χ3n) is 6.81. The average molecular weight is 611 g/mol. The fourth-order valence-electron chi connectivity index (χ4n) is 4.67. The number of amides is 2. The van der Waals surface area contributed by atoms with Crippen molar-refractivity contribution in [3.05, 3.63) is 53.1 Å². The van der Waals surface area contributed by atoms with E-state index in [0.29, 0.717) is 67.2 Å². The third-order valence-corrected chi connectivity index (χ3v) is 6.81. The molecule has 3 rings (SSSR count). The number of aromatic hydroxyl groups is 1. The largest absolute Gasteiger partial charge is 0.504 e. The topological polar surface area (TPSA) is 235 Å². The Bertz CT molecular complexity index is 1390. The SMILES string of the molecule is COc1cc([C@H]2Oc3c(OC)cc(/C=C/C(=O)NCCCCN=C(N)N)cc3[C@H]2C(=O)NCCCCN=C(N)N)ccc1O. The molecule has 14 heteroatoms. The van der Waals surface area contributed by atoms with Crippen LogP contribution in [-0.4, -0.2) is 69.2 Å². The summed E-state index contributed by atoms with van der Waals surface area (Å²) in [5.74, 6) is -0.193. The van der Waals surface area contributed by atoms with E-state index in [1.54, 1.807) is 30.3 Å². The molecule has 238 valence electrons. The molecular weight excluding hydrogens is 568 g/mol. The predicted octanol–water partition coefficient (Wildman–Crippen LogP) is 0.980. The lowest BCUT2D eigenvalue weighted by Crippen LogP contribution is -2.32. The van der Waals surface area contributed by atoms with E-state index >= 15 is 0 Å². The number of nitrogens with one attached hydrogen (secondary N) is 2. The number of ether oxygens (including phenoxy) is 3. The van der Waals surface area contributed by atoms with Crippen molar-refractivity contribution in [3.63, 3.8) is 0 Å². The van der Waals surface area contributed by atoms with E-state index in [2.05, 4.69) is 20.6 Å². The number of aliphatic imine (C=N–C) groups is 2. The van der Waals surface area contributed by atoms with E-state index in [4.69, 9.17) is 37.1 Å². The molecule has 0 fully saturated rings. The summed E-state index contributed by atoms with van der Waals surface area (Å²) in [6.45, 7) is 1.83. The summed E-state index contributed by atoms with van der Waals surface area (Å²) in [5.41, 5.74) is 23.2. The summed E-state index contributed by atoms with van der Waals surface area (Å²) >= 11 is 0. The highest BCUT2D eigenvalue weighted by molar-refractivity contribution is 5.92. The van der Waals surface area contributed by atoms with Gasteiger partial charge in [-0.25, -0.2) is 0 Å². The molecule has 0 saturated heterocycles. The lowest BCUT2D eigenvalue weighted by Gasteiger charge is -2.20. The minimum atomic E-state index is -0.766. The second kappa shape index (κ2) is 16.5. The molecule has 0 saturated carbocycles. The van der Waals surface area contributed by atoms with Crippen LogP contribution in [0.15, 0.2) is 46.4 Å². The molecule has 0 radical (unpaired) electrons. The fraction of sp³-hybridized carbons (Fsp3) is 0.400. The van der Waals surface area contributed by atoms with Gasteiger partial charge in [-0.05, 0) is 67.2 Å². The van der Waals surface area contributed by atoms with Crippen LogP contribution in [0.4, 0.5) is 0 Å². The summed E-state index contributed by atoms with van der Waals surface area (Å²) in [5, 5.41) is 16.0. The Kier molecular flexibility index (Phi) is 12.5. The number of carbonyl (C=O) groups is 2. The minimum Gasteiger partial charge on any atom is -0.504 e. The number of rotatable bonds is 16. The number of guanidine groups is 2. The lowest BCUT2D eigenvalue weighted by molar-refractivity contribution is -0.124. The normalized spacial score (nSPS) is 15.1. The van der Waals surface area contributed by atoms with Gasteiger partial charge in [-0.1, -0.05) is 6.07 Å². The lowest BCUT2D eigenvalue weighted by atomic mass is 9.89. The van der Waals surface area contributed by atoms with Crippen LogP contribution in [0.5, 0.6) is 23.0 Å². The zero-order valence-corrected chi connectivity index (χ0v) is 25.0. The molecule has 1 aliphatic rings. The van der Waals surface area contributed by atoms with E-state index in [9.17, 15) is 14.7 Å². The molecule has 2 aromatic rings. The molecule has 2 amide bonds. The van der Waals surface area contributed by atoms with Gasteiger partial charge >= 0.3 is 0 Å². The highest BCUT2D eigenvalue weighted by atomic mass is 16.5. The zero-order valence-electron chi connectivity index (χ0n) is 25.0. The Hall–Kier alpha value is -5.14. The standard InChI is InChI=1S/C30H42N8O6/c1-42-22-17-19(8-9-21(22)39)26-25(28(41)36-12-4-6-14-38-30(33)34)20-15-18(16-23(43-2)27(20)44-26)7-10-24(40)35-11-3-5-13-37-29(31)32/h7-10,15-17,25-26,39H,3-6,11-14H2,1-2H3,(H,35,40)(H,36,41)(H4,31,32,37)(H4,33,34,38)/b10-7+/t25-,26-/m1/s1. The second-order valence-electron chi connectivity index (χ2n) is 10.0. The molecule has 0 unspecified atom stereocenters. The Morgan fingerprint density at radius 3 is 2.16 bits per heavy atom. The van der Waals surface area contributed by atoms with E-state index in [0.717, 1.165) is 12.8 Å². The Labute approximate surface area is 256 Å². The van der Waals surface area contributed by atoms with Crippen molar-refractivity contribution in [2.45, 2.75) is 37.7 Å². The van der Waals surface area contributed by atoms with E-state index in [1.807, 2.05) is 0 Å². The maximum Gasteiger partial charge on any atom is 0.243 e. The number of hydrogen-bond acceptors (Lipinski definition) is 8. The van der Waals surface area contributed by atoms with Crippen LogP contribution < -0.4 is 47.8 Å². The number of phenolic OH excluding ortho intramolecular Hbond substituents is 1. The van der Waals surface area contributed by atoms with Crippen molar-refractivity contribution >= 4 is 29.8 Å². The van der Waals surface area contributed by atoms with Gasteiger partial charge in [0.05, 0.1) is 14.2 Å². The van der Waals surface area contributed by atoms with Crippen molar-refractivity contribution in [2.75, 3.05) is 40.4 Å². The van der Waals surface area contributed by atoms with Crippen LogP contribution >= 0.6 is 0 Å². The van der Waals surface area contributed by atoms with Crippen LogP contribution in [0.2, 0.25) is 0 Å². The number of fused-ring (bicyclic) bond motifs is 1. The first-order chi connectivity index (χ1) is 21.1. The van der Waals surface area contributed by atoms with E-state index in [1.165, 1.54) is 26.4 Å². The molecule has 1 heterocycles. The van der Waals surface area contributed by atoms with Gasteiger partial charge in [0.25, 0.3) is 0 Å². The number of nitrogens with two attached hydrogens (primary N) is 4. The van der Waals surface area contributed by atoms with E-state index in [-0.39, 0.29) is 35.2 Å². The highest BCUT2D eigenvalue weighted by Gasteiger charge is 2.42. The Balaban J connectivity index is 1.82. The van der Waals surface area contributed by atoms with Gasteiger partial charge in [-0.2, -0.15) is 0 Å². The summed E-state index contributed by atoms with van der Waals surface area (Å²) in [6.07, 6.45) is 5.13. The maximum atomic E-state index is 13.7. The molecule has 0 bridgehead atoms. The molecule has 11 N–H and O–H groups in total. The average Bonchev–Trinajstić information content (AvgIpc) is 3.38. The summed E-state index contributed by atoms with van der Waals surface area (Å²) < 4.78 is 17.3. The van der Waals surface area contributed by atoms with Gasteiger partial charge in [-0.15, -0.1) is 0 Å². The van der Waals surface area contributed by atoms with Gasteiger partial charge in [0.1, 0.15) is 12.0 Å². The van der Waals surface area contributed by atoms with Crippen molar-refractivity contribution in [3.8, 4) is 23.0 Å². The third kappa shape index (κ3) is 9.44. The van der Waals surface area contributed by atoms with Crippen LogP contribution in [0.1, 0.15) is 54.4 Å². The zero-order chi connectivity index (χ0) is 32.1. The molecule has 2 atom stereocenters. The monoisotopic (exact) mass is 610 g/mol. The van der Waals surface area contributed by atoms with Crippen molar-refractivity contribution < 1.29 is 28.9 Å². The maximum absolute atomic E-state index is 13.7. The number of methoxy groups -OCH3 is 2. The van der Waals surface area contributed by atoms with Crippen LogP contribution in [0.25, 0.3) is 6.08 Å². The first kappa shape index (κ1) is 33.4. The summed E-state index contributed by atoms with van der Waals surface area (Å²) in [4.78, 5) is 34.0. The van der Waals surface area contributed by atoms with Gasteiger partial charge in [0.15, 0.2) is 34.9 Å². The number of hydrogen-bond donors (Lipinski definition) is 7. The quantitative estimate of drug-likeness (QED) is 0.0615. The van der Waals surface area contributed by atoms with Crippen molar-refractivity contribution in [1.29, 1.82) is 0 Å². The van der Waals surface area contributed by atoms with Crippen LogP contribution in [0.3, 0.4) is 0 Å². The molecule has 0 aliphatic carbocycles. The van der Waals surface area contributed by atoms with Crippen molar-refractivity contribution in [1.82, 2.24) is 10.6 Å². The number of carbonyl (C=O) groups excluding carboxylic acids is 2. The van der Waals surface area contributed by atoms with Gasteiger partial charge in [-0.3, -0.25) is 19.6 Å². The predicted molar refractivity (Wildman–Crippen MR) is 169 cm³/mol. The van der Waals surface area contributed by atoms with Crippen LogP contribution in [-0.2, 0) is 9.59 Å². The van der Waals surface area contributed by atoms with Crippen LogP contribution in [0, 0.1) is 0 Å². The second-order valence-corrected chi connectivity index (χ2v) is 10.0. The van der Waals surface area contributed by atoms with Gasteiger partial charge in [0, 0.05) is 37.8 Å². The van der Waals surface area contributed by atoms with Gasteiger partial charge in [0.2, 0.25) is 11.8 Å². The van der Waals surface area contributed by atoms with Gasteiger partial charge < -0.3 is 52.9 Å². The van der Waals surface area contributed by atoms with E-state index < -0.39 is 12.0 Å². The molecule has 2 aromatic carbocycles. The fourth-order valence-corrected chi connectivity index (χ4v) is 4.67. The molecule has 14 nitrogen and oxygen atoms in total. The highest BCUT2D eigenvalue weighted by Crippen LogP contribution is 2.51. The number of unbranched alkanes of at least 4 members (excludes halogenated alkanes) is 2. The van der Waals surface area contributed by atoms with Crippen molar-refractivity contribution in [2.24, 2.45) is 32.9 Å². The minimum absolute atomic E-state index is 0.0247. The number of phenols is 1. The number of nitrogens with zero attached hydrogens (tertiary/aromatic N) is 2. The summed E-state index contributed by atoms with van der Waals surface area (Å²) in [6, 6.07) is 8.34. The molecule has 0 aromatic heterocycles. The smallest absolute Gasteiger partial charge is 0.243 e. The first-order valence-electron chi connectivity index (χ1n) is 14.2. The molecule has 1 aliphatic heterocycles. The molecule has 0 spiro atoms. The Morgan fingerprint density at radius 2 is 1.55 bits per heavy atom. The first-order valence-corrected chi connectivity index (χ1v) is 14.2. The molecular formula is C30H42N8O6. The Morgan fingerprint density at radius 1 is 0.909 bits per heavy atom. The number of benzene rings is 2. The summed E-state index contributed by atoms with van der Waals surface area (Å²) in [7, 11) is 2.95.